The van der Waals surface area contributed by atoms with Gasteiger partial charge < -0.3 is 4.57 Å². The molecule has 128 valence electrons. The molecule has 25 heavy (non-hydrogen) atoms. The van der Waals surface area contributed by atoms with Crippen LogP contribution < -0.4 is 0 Å². The molecule has 0 aliphatic rings. The van der Waals surface area contributed by atoms with E-state index in [1.807, 2.05) is 6.92 Å². The quantitative estimate of drug-likeness (QED) is 0.466. The number of Topliss-reactive ketones (excluding diaryl/α,β-unsaturated/α-hetero) is 1. The van der Waals surface area contributed by atoms with Crippen LogP contribution in [-0.4, -0.2) is 15.3 Å². The Morgan fingerprint density at radius 3 is 2.28 bits per heavy atom. The zero-order valence-electron chi connectivity index (χ0n) is 13.1. The summed E-state index contributed by atoms with van der Waals surface area (Å²) in [5.74, 6) is 0.565. The van der Waals surface area contributed by atoms with Crippen molar-refractivity contribution in [2.24, 2.45) is 0 Å². The van der Waals surface area contributed by atoms with Gasteiger partial charge >= 0.3 is 0 Å². The third-order valence-electron chi connectivity index (χ3n) is 3.73. The molecule has 0 saturated heterocycles. The van der Waals surface area contributed by atoms with Crippen LogP contribution in [-0.2, 0) is 6.54 Å². The average molecular weight is 414 g/mol. The minimum absolute atomic E-state index is 0.116. The zero-order valence-corrected chi connectivity index (χ0v) is 16.1. The maximum atomic E-state index is 12.5. The molecule has 0 amide bonds. The first-order chi connectivity index (χ1) is 11.8. The highest BCUT2D eigenvalue weighted by atomic mass is 35.5. The second-order valence-electron chi connectivity index (χ2n) is 5.47. The van der Waals surface area contributed by atoms with E-state index in [0.29, 0.717) is 37.2 Å². The average Bonchev–Trinajstić information content (AvgIpc) is 2.87. The van der Waals surface area contributed by atoms with Gasteiger partial charge in [-0.2, -0.15) is 0 Å². The number of hydrogen-bond acceptors (Lipinski definition) is 2. The minimum Gasteiger partial charge on any atom is -0.327 e. The van der Waals surface area contributed by atoms with Gasteiger partial charge in [0.05, 0.1) is 22.3 Å². The van der Waals surface area contributed by atoms with E-state index in [-0.39, 0.29) is 12.3 Å². The van der Waals surface area contributed by atoms with E-state index in [2.05, 4.69) is 4.98 Å². The molecule has 3 aromatic rings. The van der Waals surface area contributed by atoms with Crippen LogP contribution in [0.2, 0.25) is 20.1 Å². The van der Waals surface area contributed by atoms with Gasteiger partial charge in [0.2, 0.25) is 0 Å². The minimum atomic E-state index is -0.129. The number of aromatic nitrogens is 2. The second kappa shape index (κ2) is 7.38. The molecule has 0 radical (unpaired) electrons. The van der Waals surface area contributed by atoms with Gasteiger partial charge in [-0.25, -0.2) is 4.98 Å². The monoisotopic (exact) mass is 412 g/mol. The molecular weight excluding hydrogens is 402 g/mol. The standard InChI is InChI=1S/C18H12Cl4N2O/c1-10-23-17(13-4-2-11(19)6-15(13)21)8-24(10)9-18(25)14-5-3-12(20)7-16(14)22/h2-8H,9H2,1H3. The molecule has 0 fully saturated rings. The van der Waals surface area contributed by atoms with Gasteiger partial charge in [0.1, 0.15) is 5.82 Å². The first-order valence-corrected chi connectivity index (χ1v) is 8.84. The predicted octanol–water partition coefficient (Wildman–Crippen LogP) is 6.36. The lowest BCUT2D eigenvalue weighted by atomic mass is 10.1. The lowest BCUT2D eigenvalue weighted by Crippen LogP contribution is -2.11. The van der Waals surface area contributed by atoms with Crippen molar-refractivity contribution < 1.29 is 4.79 Å². The Kier molecular flexibility index (Phi) is 5.40. The van der Waals surface area contributed by atoms with Gasteiger partial charge in [0.25, 0.3) is 0 Å². The summed E-state index contributed by atoms with van der Waals surface area (Å²) in [7, 11) is 0. The van der Waals surface area contributed by atoms with Crippen LogP contribution >= 0.6 is 46.4 Å². The summed E-state index contributed by atoms with van der Waals surface area (Å²) in [6.07, 6.45) is 1.78. The SMILES string of the molecule is Cc1nc(-c2ccc(Cl)cc2Cl)cn1CC(=O)c1ccc(Cl)cc1Cl. The van der Waals surface area contributed by atoms with Gasteiger partial charge in [-0.05, 0) is 43.3 Å². The van der Waals surface area contributed by atoms with Crippen molar-refractivity contribution in [3.63, 3.8) is 0 Å². The number of benzene rings is 2. The number of carbonyl (C=O) groups excluding carboxylic acids is 1. The van der Waals surface area contributed by atoms with Crippen molar-refractivity contribution in [2.75, 3.05) is 0 Å². The number of hydrogen-bond donors (Lipinski definition) is 0. The molecule has 1 aromatic heterocycles. The summed E-state index contributed by atoms with van der Waals surface area (Å²) >= 11 is 24.1. The maximum Gasteiger partial charge on any atom is 0.184 e. The van der Waals surface area contributed by atoms with Crippen LogP contribution in [0.1, 0.15) is 16.2 Å². The van der Waals surface area contributed by atoms with Crippen LogP contribution in [0.5, 0.6) is 0 Å². The first-order valence-electron chi connectivity index (χ1n) is 7.32. The Morgan fingerprint density at radius 2 is 1.64 bits per heavy atom. The molecule has 0 spiro atoms. The maximum absolute atomic E-state index is 12.5. The van der Waals surface area contributed by atoms with E-state index in [0.717, 1.165) is 5.56 Å². The smallest absolute Gasteiger partial charge is 0.184 e. The molecular formula is C18H12Cl4N2O. The lowest BCUT2D eigenvalue weighted by molar-refractivity contribution is 0.0971. The Bertz CT molecular complexity index is 966. The van der Waals surface area contributed by atoms with Crippen LogP contribution in [0, 0.1) is 6.92 Å². The van der Waals surface area contributed by atoms with E-state index in [1.54, 1.807) is 47.2 Å². The van der Waals surface area contributed by atoms with Crippen molar-refractivity contribution >= 4 is 52.2 Å². The largest absolute Gasteiger partial charge is 0.327 e. The van der Waals surface area contributed by atoms with Crippen LogP contribution in [0.4, 0.5) is 0 Å². The molecule has 1 heterocycles. The summed E-state index contributed by atoms with van der Waals surface area (Å²) in [6.45, 7) is 1.94. The van der Waals surface area contributed by atoms with Gasteiger partial charge in [0.15, 0.2) is 5.78 Å². The molecule has 0 aliphatic heterocycles. The van der Waals surface area contributed by atoms with Crippen LogP contribution in [0.25, 0.3) is 11.3 Å². The number of rotatable bonds is 4. The number of nitrogens with zero attached hydrogens (tertiary/aromatic N) is 2. The molecule has 0 unspecified atom stereocenters. The van der Waals surface area contributed by atoms with Crippen molar-refractivity contribution in [1.29, 1.82) is 0 Å². The molecule has 7 heteroatoms. The van der Waals surface area contributed by atoms with Gasteiger partial charge in [-0.15, -0.1) is 0 Å². The Hall–Kier alpha value is -1.52. The summed E-state index contributed by atoms with van der Waals surface area (Å²) in [4.78, 5) is 17.0. The van der Waals surface area contributed by atoms with Crippen LogP contribution in [0.3, 0.4) is 0 Å². The fourth-order valence-electron chi connectivity index (χ4n) is 2.45. The summed E-state index contributed by atoms with van der Waals surface area (Å²) in [6, 6.07) is 10.0. The molecule has 3 rings (SSSR count). The van der Waals surface area contributed by atoms with E-state index in [9.17, 15) is 4.79 Å². The molecule has 3 nitrogen and oxygen atoms in total. The molecule has 0 saturated carbocycles. The highest BCUT2D eigenvalue weighted by molar-refractivity contribution is 6.37. The van der Waals surface area contributed by atoms with E-state index in [4.69, 9.17) is 46.4 Å². The predicted molar refractivity (Wildman–Crippen MR) is 103 cm³/mol. The number of imidazole rings is 1. The Balaban J connectivity index is 1.89. The highest BCUT2D eigenvalue weighted by Crippen LogP contribution is 2.30. The van der Waals surface area contributed by atoms with Crippen LogP contribution in [0.15, 0.2) is 42.6 Å². The highest BCUT2D eigenvalue weighted by Gasteiger charge is 2.15. The second-order valence-corrected chi connectivity index (χ2v) is 7.16. The molecule has 0 bridgehead atoms. The molecule has 0 aliphatic carbocycles. The molecule has 2 aromatic carbocycles. The van der Waals surface area contributed by atoms with Gasteiger partial charge in [-0.3, -0.25) is 4.79 Å². The van der Waals surface area contributed by atoms with Crippen molar-refractivity contribution in [2.45, 2.75) is 13.5 Å². The zero-order chi connectivity index (χ0) is 18.1. The van der Waals surface area contributed by atoms with E-state index >= 15 is 0 Å². The van der Waals surface area contributed by atoms with Gasteiger partial charge in [-0.1, -0.05) is 46.4 Å². The summed E-state index contributed by atoms with van der Waals surface area (Å²) < 4.78 is 1.76. The van der Waals surface area contributed by atoms with Gasteiger partial charge in [0, 0.05) is 27.4 Å². The molecule has 0 atom stereocenters. The number of ketones is 1. The third kappa shape index (κ3) is 4.01. The topological polar surface area (TPSA) is 34.9 Å². The molecule has 0 N–H and O–H groups in total. The number of carbonyl (C=O) groups is 1. The normalized spacial score (nSPS) is 10.9. The van der Waals surface area contributed by atoms with Crippen molar-refractivity contribution in [1.82, 2.24) is 9.55 Å². The third-order valence-corrected chi connectivity index (χ3v) is 4.82. The fraction of sp³-hybridized carbons (Fsp3) is 0.111. The summed E-state index contributed by atoms with van der Waals surface area (Å²) in [5.41, 5.74) is 1.85. The Morgan fingerprint density at radius 1 is 1.00 bits per heavy atom. The van der Waals surface area contributed by atoms with Crippen molar-refractivity contribution in [3.05, 3.63) is 74.1 Å². The van der Waals surface area contributed by atoms with E-state index in [1.165, 1.54) is 0 Å². The number of halogens is 4. The van der Waals surface area contributed by atoms with Crippen molar-refractivity contribution in [3.8, 4) is 11.3 Å². The number of aryl methyl sites for hydroxylation is 1. The summed E-state index contributed by atoms with van der Waals surface area (Å²) in [5, 5.41) is 1.87. The lowest BCUT2D eigenvalue weighted by Gasteiger charge is -2.06. The Labute approximate surface area is 165 Å². The fourth-order valence-corrected chi connectivity index (χ4v) is 3.47. The van der Waals surface area contributed by atoms with E-state index < -0.39 is 0 Å². The first kappa shape index (κ1) is 18.3.